The lowest BCUT2D eigenvalue weighted by atomic mass is 10.1. The molecule has 120 valence electrons. The van der Waals surface area contributed by atoms with E-state index in [-0.39, 0.29) is 6.42 Å². The maximum atomic E-state index is 12.2. The monoisotopic (exact) mass is 315 g/mol. The molecule has 0 aliphatic heterocycles. The fourth-order valence-electron chi connectivity index (χ4n) is 1.70. The molecule has 4 nitrogen and oxygen atoms in total. The van der Waals surface area contributed by atoms with Crippen molar-refractivity contribution in [1.82, 2.24) is 5.32 Å². The molecule has 1 atom stereocenters. The second-order valence-corrected chi connectivity index (χ2v) is 4.63. The molecule has 0 radical (unpaired) electrons. The Balaban J connectivity index is 2.41. The van der Waals surface area contributed by atoms with Gasteiger partial charge in [0.1, 0.15) is 6.04 Å². The van der Waals surface area contributed by atoms with Crippen molar-refractivity contribution in [3.05, 3.63) is 42.0 Å². The van der Waals surface area contributed by atoms with Crippen molar-refractivity contribution in [2.24, 2.45) is 0 Å². The molecular formula is C15H16F3NO3. The van der Waals surface area contributed by atoms with E-state index in [9.17, 15) is 22.8 Å². The van der Waals surface area contributed by atoms with Crippen LogP contribution in [0.4, 0.5) is 13.2 Å². The number of halogens is 3. The van der Waals surface area contributed by atoms with Crippen LogP contribution in [0, 0.1) is 0 Å². The van der Waals surface area contributed by atoms with Gasteiger partial charge in [0.05, 0.1) is 6.42 Å². The fourth-order valence-corrected chi connectivity index (χ4v) is 1.70. The van der Waals surface area contributed by atoms with Crippen molar-refractivity contribution in [1.29, 1.82) is 0 Å². The highest BCUT2D eigenvalue weighted by atomic mass is 19.4. The van der Waals surface area contributed by atoms with Crippen LogP contribution in [-0.2, 0) is 9.59 Å². The maximum absolute atomic E-state index is 12.2. The zero-order valence-electron chi connectivity index (χ0n) is 11.6. The first-order valence-corrected chi connectivity index (χ1v) is 6.58. The van der Waals surface area contributed by atoms with E-state index in [2.05, 4.69) is 0 Å². The number of allylic oxidation sites excluding steroid dienone is 1. The molecule has 0 heterocycles. The number of benzene rings is 1. The van der Waals surface area contributed by atoms with Crippen molar-refractivity contribution >= 4 is 18.0 Å². The van der Waals surface area contributed by atoms with Gasteiger partial charge in [-0.25, -0.2) is 4.79 Å². The number of alkyl halides is 3. The largest absolute Gasteiger partial charge is 0.480 e. The molecule has 0 bridgehead atoms. The van der Waals surface area contributed by atoms with Gasteiger partial charge in [-0.15, -0.1) is 0 Å². The molecule has 2 N–H and O–H groups in total. The third kappa shape index (κ3) is 7.47. The van der Waals surface area contributed by atoms with Gasteiger partial charge in [0, 0.05) is 6.42 Å². The van der Waals surface area contributed by atoms with E-state index in [1.807, 2.05) is 35.6 Å². The van der Waals surface area contributed by atoms with Crippen LogP contribution < -0.4 is 5.32 Å². The number of carbonyl (C=O) groups excluding carboxylic acids is 1. The molecule has 0 spiro atoms. The van der Waals surface area contributed by atoms with Crippen LogP contribution in [0.2, 0.25) is 0 Å². The van der Waals surface area contributed by atoms with Gasteiger partial charge in [-0.1, -0.05) is 42.5 Å². The van der Waals surface area contributed by atoms with E-state index in [0.29, 0.717) is 6.42 Å². The minimum Gasteiger partial charge on any atom is -0.480 e. The van der Waals surface area contributed by atoms with Gasteiger partial charge in [-0.3, -0.25) is 4.79 Å². The lowest BCUT2D eigenvalue weighted by Crippen LogP contribution is -2.43. The summed E-state index contributed by atoms with van der Waals surface area (Å²) in [6.45, 7) is 0. The Hall–Kier alpha value is -2.31. The summed E-state index contributed by atoms with van der Waals surface area (Å²) in [5, 5.41) is 10.6. The molecule has 0 saturated carbocycles. The highest BCUT2D eigenvalue weighted by molar-refractivity contribution is 5.83. The first-order valence-electron chi connectivity index (χ1n) is 6.58. The van der Waals surface area contributed by atoms with Gasteiger partial charge in [-0.05, 0) is 12.0 Å². The standard InChI is InChI=1S/C15H16F3NO3/c16-15(17,18)10-12(14(21)22)19-13(20)9-5-4-8-11-6-2-1-3-7-11/h1-4,6-8,12H,5,9-10H2,(H,19,20)(H,21,22)/b8-4+. The quantitative estimate of drug-likeness (QED) is 0.813. The summed E-state index contributed by atoms with van der Waals surface area (Å²) < 4.78 is 36.6. The van der Waals surface area contributed by atoms with Crippen molar-refractivity contribution < 1.29 is 27.9 Å². The summed E-state index contributed by atoms with van der Waals surface area (Å²) >= 11 is 0. The number of hydrogen-bond acceptors (Lipinski definition) is 2. The van der Waals surface area contributed by atoms with Crippen LogP contribution in [-0.4, -0.2) is 29.2 Å². The lowest BCUT2D eigenvalue weighted by molar-refractivity contribution is -0.160. The number of carboxylic acid groups (broad SMARTS) is 1. The van der Waals surface area contributed by atoms with Crippen molar-refractivity contribution in [2.75, 3.05) is 0 Å². The van der Waals surface area contributed by atoms with E-state index < -0.39 is 30.5 Å². The van der Waals surface area contributed by atoms with Gasteiger partial charge >= 0.3 is 12.1 Å². The molecule has 1 aromatic rings. The van der Waals surface area contributed by atoms with Gasteiger partial charge in [0.15, 0.2) is 0 Å². The Morgan fingerprint density at radius 3 is 2.41 bits per heavy atom. The number of carbonyl (C=O) groups is 2. The topological polar surface area (TPSA) is 66.4 Å². The Bertz CT molecular complexity index is 527. The van der Waals surface area contributed by atoms with Gasteiger partial charge in [0.2, 0.25) is 5.91 Å². The molecule has 1 rings (SSSR count). The van der Waals surface area contributed by atoms with Crippen LogP contribution in [0.25, 0.3) is 6.08 Å². The summed E-state index contributed by atoms with van der Waals surface area (Å²) in [6, 6.07) is 7.32. The third-order valence-corrected chi connectivity index (χ3v) is 2.72. The molecule has 0 fully saturated rings. The first kappa shape index (κ1) is 17.7. The SMILES string of the molecule is O=C(CC/C=C/c1ccccc1)NC(CC(F)(F)F)C(=O)O. The summed E-state index contributed by atoms with van der Waals surface area (Å²) in [6.07, 6.45) is -2.53. The van der Waals surface area contributed by atoms with Crippen LogP contribution >= 0.6 is 0 Å². The number of carboxylic acids is 1. The van der Waals surface area contributed by atoms with Crippen LogP contribution in [0.1, 0.15) is 24.8 Å². The Morgan fingerprint density at radius 1 is 1.23 bits per heavy atom. The number of hydrogen-bond donors (Lipinski definition) is 2. The highest BCUT2D eigenvalue weighted by Crippen LogP contribution is 2.21. The van der Waals surface area contributed by atoms with Crippen molar-refractivity contribution in [2.45, 2.75) is 31.5 Å². The molecule has 7 heteroatoms. The molecular weight excluding hydrogens is 299 g/mol. The number of amides is 1. The van der Waals surface area contributed by atoms with E-state index in [4.69, 9.17) is 5.11 Å². The first-order chi connectivity index (χ1) is 10.3. The van der Waals surface area contributed by atoms with E-state index in [1.165, 1.54) is 0 Å². The predicted octanol–water partition coefficient (Wildman–Crippen LogP) is 3.00. The molecule has 1 unspecified atom stereocenters. The van der Waals surface area contributed by atoms with Crippen LogP contribution in [0.15, 0.2) is 36.4 Å². The molecule has 22 heavy (non-hydrogen) atoms. The van der Waals surface area contributed by atoms with Crippen LogP contribution in [0.3, 0.4) is 0 Å². The zero-order chi connectivity index (χ0) is 16.6. The molecule has 0 aromatic heterocycles. The number of rotatable bonds is 7. The Kier molecular flexibility index (Phi) is 6.62. The van der Waals surface area contributed by atoms with Crippen molar-refractivity contribution in [3.8, 4) is 0 Å². The Morgan fingerprint density at radius 2 is 1.86 bits per heavy atom. The summed E-state index contributed by atoms with van der Waals surface area (Å²) in [7, 11) is 0. The molecule has 1 aromatic carbocycles. The zero-order valence-corrected chi connectivity index (χ0v) is 11.6. The minimum atomic E-state index is -4.65. The minimum absolute atomic E-state index is 0.0784. The lowest BCUT2D eigenvalue weighted by Gasteiger charge is -2.15. The predicted molar refractivity (Wildman–Crippen MR) is 74.9 cm³/mol. The summed E-state index contributed by atoms with van der Waals surface area (Å²) in [5.41, 5.74) is 0.934. The average molecular weight is 315 g/mol. The number of nitrogens with one attached hydrogen (secondary N) is 1. The second-order valence-electron chi connectivity index (χ2n) is 4.63. The average Bonchev–Trinajstić information content (AvgIpc) is 2.42. The molecule has 1 amide bonds. The van der Waals surface area contributed by atoms with E-state index in [1.54, 1.807) is 12.2 Å². The Labute approximate surface area is 125 Å². The normalized spacial score (nSPS) is 13.0. The summed E-state index contributed by atoms with van der Waals surface area (Å²) in [4.78, 5) is 22.2. The van der Waals surface area contributed by atoms with Gasteiger partial charge in [-0.2, -0.15) is 13.2 Å². The maximum Gasteiger partial charge on any atom is 0.391 e. The van der Waals surface area contributed by atoms with E-state index in [0.717, 1.165) is 5.56 Å². The summed E-state index contributed by atoms with van der Waals surface area (Å²) in [5.74, 6) is -2.43. The molecule has 0 saturated heterocycles. The molecule has 0 aliphatic rings. The van der Waals surface area contributed by atoms with Crippen molar-refractivity contribution in [3.63, 3.8) is 0 Å². The van der Waals surface area contributed by atoms with Gasteiger partial charge < -0.3 is 10.4 Å². The van der Waals surface area contributed by atoms with E-state index >= 15 is 0 Å². The third-order valence-electron chi connectivity index (χ3n) is 2.72. The second kappa shape index (κ2) is 8.21. The smallest absolute Gasteiger partial charge is 0.391 e. The molecule has 0 aliphatic carbocycles. The fraction of sp³-hybridized carbons (Fsp3) is 0.333. The van der Waals surface area contributed by atoms with Gasteiger partial charge in [0.25, 0.3) is 0 Å². The number of aliphatic carboxylic acids is 1. The highest BCUT2D eigenvalue weighted by Gasteiger charge is 2.36. The van der Waals surface area contributed by atoms with Crippen LogP contribution in [0.5, 0.6) is 0 Å².